The van der Waals surface area contributed by atoms with Crippen LogP contribution in [0.3, 0.4) is 0 Å². The van der Waals surface area contributed by atoms with E-state index < -0.39 is 12.1 Å². The highest BCUT2D eigenvalue weighted by Crippen LogP contribution is 2.18. The van der Waals surface area contributed by atoms with E-state index in [1.54, 1.807) is 6.08 Å². The first-order valence-electron chi connectivity index (χ1n) is 33.3. The van der Waals surface area contributed by atoms with E-state index in [1.807, 2.05) is 6.08 Å². The molecule has 0 aromatic heterocycles. The lowest BCUT2D eigenvalue weighted by atomic mass is 10.0. The van der Waals surface area contributed by atoms with Crippen LogP contribution in [0, 0.1) is 0 Å². The molecule has 3 N–H and O–H groups in total. The summed E-state index contributed by atoms with van der Waals surface area (Å²) in [5.74, 6) is -0.0851. The zero-order valence-corrected chi connectivity index (χ0v) is 49.8. The molecule has 0 bridgehead atoms. The first-order valence-corrected chi connectivity index (χ1v) is 33.3. The molecule has 0 aliphatic carbocycles. The zero-order chi connectivity index (χ0) is 53.6. The van der Waals surface area contributed by atoms with Gasteiger partial charge in [-0.2, -0.15) is 0 Å². The number of amides is 1. The topological polar surface area (TPSA) is 95.9 Å². The van der Waals surface area contributed by atoms with Gasteiger partial charge >= 0.3 is 5.97 Å². The molecule has 0 aromatic carbocycles. The molecule has 0 radical (unpaired) electrons. The minimum absolute atomic E-state index is 0.00594. The number of hydrogen-bond acceptors (Lipinski definition) is 5. The van der Waals surface area contributed by atoms with Crippen molar-refractivity contribution < 1.29 is 24.5 Å². The predicted molar refractivity (Wildman–Crippen MR) is 324 cm³/mol. The van der Waals surface area contributed by atoms with Gasteiger partial charge in [0.05, 0.1) is 25.4 Å². The molecule has 2 atom stereocenters. The lowest BCUT2D eigenvalue weighted by Crippen LogP contribution is -2.45. The number of rotatable bonds is 62. The van der Waals surface area contributed by atoms with Crippen molar-refractivity contribution in [1.29, 1.82) is 0 Å². The van der Waals surface area contributed by atoms with Gasteiger partial charge in [-0.1, -0.05) is 301 Å². The Labute approximate surface area is 462 Å². The van der Waals surface area contributed by atoms with Crippen LogP contribution in [-0.4, -0.2) is 47.4 Å². The van der Waals surface area contributed by atoms with E-state index in [9.17, 15) is 19.8 Å². The van der Waals surface area contributed by atoms with Crippen LogP contribution in [0.15, 0.2) is 36.5 Å². The van der Waals surface area contributed by atoms with Crippen LogP contribution in [0.25, 0.3) is 0 Å². The first-order chi connectivity index (χ1) is 36.5. The van der Waals surface area contributed by atoms with Gasteiger partial charge in [-0.15, -0.1) is 0 Å². The smallest absolute Gasteiger partial charge is 0.305 e. The van der Waals surface area contributed by atoms with Crippen molar-refractivity contribution in [3.63, 3.8) is 0 Å². The van der Waals surface area contributed by atoms with E-state index in [2.05, 4.69) is 43.5 Å². The number of hydrogen-bond donors (Lipinski definition) is 3. The number of nitrogens with one attached hydrogen (secondary N) is 1. The average molecular weight is 1040 g/mol. The molecule has 2 unspecified atom stereocenters. The van der Waals surface area contributed by atoms with Crippen molar-refractivity contribution in [2.24, 2.45) is 0 Å². The van der Waals surface area contributed by atoms with Gasteiger partial charge < -0.3 is 20.3 Å². The van der Waals surface area contributed by atoms with Crippen molar-refractivity contribution in [3.05, 3.63) is 36.5 Å². The van der Waals surface area contributed by atoms with Crippen LogP contribution in [-0.2, 0) is 14.3 Å². The Morgan fingerprint density at radius 2 is 0.635 bits per heavy atom. The normalized spacial score (nSPS) is 12.8. The van der Waals surface area contributed by atoms with Gasteiger partial charge in [-0.05, 0) is 83.5 Å². The number of carbonyl (C=O) groups is 2. The second-order valence-electron chi connectivity index (χ2n) is 22.8. The average Bonchev–Trinajstić information content (AvgIpc) is 3.40. The molecule has 0 rings (SSSR count). The number of esters is 1. The fraction of sp³-hybridized carbons (Fsp3) is 0.882. The quantitative estimate of drug-likeness (QED) is 0.0320. The van der Waals surface area contributed by atoms with E-state index in [0.717, 1.165) is 64.2 Å². The Kier molecular flexibility index (Phi) is 62.0. The van der Waals surface area contributed by atoms with E-state index in [-0.39, 0.29) is 18.5 Å². The van der Waals surface area contributed by atoms with Crippen molar-refractivity contribution in [2.75, 3.05) is 13.2 Å². The van der Waals surface area contributed by atoms with Crippen molar-refractivity contribution in [3.8, 4) is 0 Å². The number of aliphatic hydroxyl groups excluding tert-OH is 2. The van der Waals surface area contributed by atoms with Crippen LogP contribution in [0.1, 0.15) is 361 Å². The largest absolute Gasteiger partial charge is 0.466 e. The molecule has 0 heterocycles. The number of unbranched alkanes of at least 4 members (excludes halogenated alkanes) is 47. The third kappa shape index (κ3) is 59.3. The number of carbonyl (C=O) groups excluding carboxylic acids is 2. The maximum atomic E-state index is 12.5. The van der Waals surface area contributed by atoms with E-state index >= 15 is 0 Å². The first kappa shape index (κ1) is 72.1. The minimum Gasteiger partial charge on any atom is -0.466 e. The third-order valence-electron chi connectivity index (χ3n) is 15.4. The number of ether oxygens (including phenoxy) is 1. The molecular weight excluding hydrogens is 911 g/mol. The summed E-state index contributed by atoms with van der Waals surface area (Å²) in [5.41, 5.74) is 0. The van der Waals surface area contributed by atoms with Gasteiger partial charge in [0.15, 0.2) is 0 Å². The molecule has 436 valence electrons. The summed E-state index contributed by atoms with van der Waals surface area (Å²) in [7, 11) is 0. The van der Waals surface area contributed by atoms with Gasteiger partial charge in [-0.3, -0.25) is 9.59 Å². The molecule has 0 fully saturated rings. The SMILES string of the molecule is CCCCCCC/C=C\CCCCCCCC(=O)OCCCCCCCCCCC/C=C\CCCCCCCC(=O)NC(CO)C(O)/C=C/CCCCCCCCCCCCCCCCCCCCCCCCC. The summed E-state index contributed by atoms with van der Waals surface area (Å²) in [5, 5.41) is 23.2. The molecule has 0 saturated heterocycles. The molecule has 0 aliphatic rings. The highest BCUT2D eigenvalue weighted by molar-refractivity contribution is 5.76. The Morgan fingerprint density at radius 1 is 0.365 bits per heavy atom. The van der Waals surface area contributed by atoms with Gasteiger partial charge in [0.2, 0.25) is 5.91 Å². The predicted octanol–water partition coefficient (Wildman–Crippen LogP) is 21.1. The van der Waals surface area contributed by atoms with Crippen LogP contribution in [0.5, 0.6) is 0 Å². The Hall–Kier alpha value is -1.92. The molecule has 74 heavy (non-hydrogen) atoms. The van der Waals surface area contributed by atoms with Crippen LogP contribution in [0.4, 0.5) is 0 Å². The van der Waals surface area contributed by atoms with Gasteiger partial charge in [0.1, 0.15) is 0 Å². The molecule has 6 heteroatoms. The summed E-state index contributed by atoms with van der Waals surface area (Å²) in [6.45, 7) is 4.90. The second-order valence-corrected chi connectivity index (χ2v) is 22.8. The monoisotopic (exact) mass is 1040 g/mol. The summed E-state index contributed by atoms with van der Waals surface area (Å²) in [4.78, 5) is 24.6. The Bertz CT molecular complexity index is 1200. The zero-order valence-electron chi connectivity index (χ0n) is 49.8. The fourth-order valence-electron chi connectivity index (χ4n) is 10.3. The van der Waals surface area contributed by atoms with Crippen LogP contribution < -0.4 is 5.32 Å². The fourth-order valence-corrected chi connectivity index (χ4v) is 10.3. The van der Waals surface area contributed by atoms with Crippen LogP contribution >= 0.6 is 0 Å². The van der Waals surface area contributed by atoms with E-state index in [4.69, 9.17) is 4.74 Å². The van der Waals surface area contributed by atoms with Gasteiger partial charge in [-0.25, -0.2) is 0 Å². The summed E-state index contributed by atoms with van der Waals surface area (Å²) in [6.07, 6.45) is 80.5. The summed E-state index contributed by atoms with van der Waals surface area (Å²) >= 11 is 0. The summed E-state index contributed by atoms with van der Waals surface area (Å²) < 4.78 is 5.47. The Morgan fingerprint density at radius 3 is 0.959 bits per heavy atom. The van der Waals surface area contributed by atoms with E-state index in [1.165, 1.54) is 270 Å². The van der Waals surface area contributed by atoms with Crippen molar-refractivity contribution >= 4 is 11.9 Å². The lowest BCUT2D eigenvalue weighted by molar-refractivity contribution is -0.143. The number of aliphatic hydroxyl groups is 2. The van der Waals surface area contributed by atoms with Gasteiger partial charge in [0.25, 0.3) is 0 Å². The molecule has 6 nitrogen and oxygen atoms in total. The second kappa shape index (κ2) is 63.6. The van der Waals surface area contributed by atoms with Crippen molar-refractivity contribution in [2.45, 2.75) is 373 Å². The molecule has 0 aromatic rings. The lowest BCUT2D eigenvalue weighted by Gasteiger charge is -2.20. The summed E-state index contributed by atoms with van der Waals surface area (Å²) in [6, 6.07) is -0.640. The standard InChI is InChI=1S/C68H129NO5/c1-3-5-7-9-11-13-15-17-19-20-21-22-23-24-25-26-27-30-33-36-40-44-48-52-56-60-66(71)65(64-70)69-67(72)61-57-53-49-45-41-37-34-31-28-29-32-35-39-43-47-51-55-59-63-74-68(73)62-58-54-50-46-42-38-18-16-14-12-10-8-6-4-2/h16,18,31,34,56,60,65-66,70-71H,3-15,17,19-30,32-33,35-55,57-59,61-64H2,1-2H3,(H,69,72)/b18-16-,34-31-,60-56+. The van der Waals surface area contributed by atoms with E-state index in [0.29, 0.717) is 19.4 Å². The highest BCUT2D eigenvalue weighted by Gasteiger charge is 2.18. The Balaban J connectivity index is 3.48. The molecule has 0 aliphatic heterocycles. The molecular formula is C68H129NO5. The molecule has 0 saturated carbocycles. The maximum absolute atomic E-state index is 12.5. The highest BCUT2D eigenvalue weighted by atomic mass is 16.5. The van der Waals surface area contributed by atoms with Crippen molar-refractivity contribution in [1.82, 2.24) is 5.32 Å². The third-order valence-corrected chi connectivity index (χ3v) is 15.4. The molecule has 0 spiro atoms. The van der Waals surface area contributed by atoms with Gasteiger partial charge in [0, 0.05) is 12.8 Å². The van der Waals surface area contributed by atoms with Crippen LogP contribution in [0.2, 0.25) is 0 Å². The maximum Gasteiger partial charge on any atom is 0.305 e. The minimum atomic E-state index is -0.855. The number of allylic oxidation sites excluding steroid dienone is 5. The molecule has 1 amide bonds.